The van der Waals surface area contributed by atoms with Crippen LogP contribution < -0.4 is 10.1 Å². The fourth-order valence-electron chi connectivity index (χ4n) is 1.11. The highest BCUT2D eigenvalue weighted by molar-refractivity contribution is 5.77. The van der Waals surface area contributed by atoms with Crippen LogP contribution in [0.4, 0.5) is 4.39 Å². The predicted octanol–water partition coefficient (Wildman–Crippen LogP) is 1.15. The first-order valence-corrected chi connectivity index (χ1v) is 4.66. The summed E-state index contributed by atoms with van der Waals surface area (Å²) in [5, 5.41) is 10.6. The van der Waals surface area contributed by atoms with Crippen molar-refractivity contribution in [2.45, 2.75) is 6.92 Å². The maximum absolute atomic E-state index is 12.7. The van der Waals surface area contributed by atoms with Gasteiger partial charge < -0.3 is 10.1 Å². The maximum atomic E-state index is 12.7. The predicted molar refractivity (Wildman–Crippen MR) is 55.3 cm³/mol. The number of nitriles is 1. The van der Waals surface area contributed by atoms with E-state index in [0.717, 1.165) is 0 Å². The Labute approximate surface area is 92.6 Å². The van der Waals surface area contributed by atoms with E-state index in [1.54, 1.807) is 13.0 Å². The lowest BCUT2D eigenvalue weighted by Gasteiger charge is -2.08. The van der Waals surface area contributed by atoms with Gasteiger partial charge in [0.15, 0.2) is 6.61 Å². The number of aryl methyl sites for hydroxylation is 1. The molecule has 0 radical (unpaired) electrons. The lowest BCUT2D eigenvalue weighted by Crippen LogP contribution is -2.29. The summed E-state index contributed by atoms with van der Waals surface area (Å²) in [4.78, 5) is 11.1. The van der Waals surface area contributed by atoms with Crippen molar-refractivity contribution in [2.24, 2.45) is 0 Å². The minimum absolute atomic E-state index is 0.0510. The molecule has 1 aromatic rings. The number of carbonyl (C=O) groups excluding carboxylic acids is 1. The molecule has 84 valence electrons. The summed E-state index contributed by atoms with van der Waals surface area (Å²) in [6, 6.07) is 5.82. The fraction of sp³-hybridized carbons (Fsp3) is 0.273. The number of nitrogens with one attached hydrogen (secondary N) is 1. The smallest absolute Gasteiger partial charge is 0.258 e. The van der Waals surface area contributed by atoms with Crippen LogP contribution in [0.1, 0.15) is 5.56 Å². The Morgan fingerprint density at radius 2 is 2.38 bits per heavy atom. The molecule has 16 heavy (non-hydrogen) atoms. The normalized spacial score (nSPS) is 9.31. The maximum Gasteiger partial charge on any atom is 0.258 e. The third kappa shape index (κ3) is 3.58. The van der Waals surface area contributed by atoms with Gasteiger partial charge in [-0.25, -0.2) is 4.39 Å². The van der Waals surface area contributed by atoms with Crippen molar-refractivity contribution in [1.82, 2.24) is 5.32 Å². The second kappa shape index (κ2) is 5.71. The number of halogens is 1. The van der Waals surface area contributed by atoms with Crippen molar-refractivity contribution < 1.29 is 13.9 Å². The molecule has 0 fully saturated rings. The molecule has 0 saturated heterocycles. The average molecular weight is 222 g/mol. The molecule has 0 aliphatic heterocycles. The summed E-state index contributed by atoms with van der Waals surface area (Å²) in [6.45, 7) is 1.45. The van der Waals surface area contributed by atoms with Crippen molar-refractivity contribution in [3.05, 3.63) is 29.6 Å². The van der Waals surface area contributed by atoms with Gasteiger partial charge in [0, 0.05) is 0 Å². The Balaban J connectivity index is 2.49. The first-order valence-electron chi connectivity index (χ1n) is 4.66. The lowest BCUT2D eigenvalue weighted by atomic mass is 10.2. The number of ether oxygens (including phenoxy) is 1. The quantitative estimate of drug-likeness (QED) is 0.777. The van der Waals surface area contributed by atoms with Crippen molar-refractivity contribution in [3.8, 4) is 11.8 Å². The highest BCUT2D eigenvalue weighted by Gasteiger charge is 2.04. The Morgan fingerprint density at radius 1 is 1.62 bits per heavy atom. The van der Waals surface area contributed by atoms with Gasteiger partial charge in [0.1, 0.15) is 18.1 Å². The third-order valence-electron chi connectivity index (χ3n) is 1.86. The molecule has 4 nitrogen and oxygen atoms in total. The van der Waals surface area contributed by atoms with Crippen LogP contribution in [0.5, 0.6) is 5.75 Å². The van der Waals surface area contributed by atoms with Gasteiger partial charge in [-0.05, 0) is 30.7 Å². The molecule has 0 atom stereocenters. The van der Waals surface area contributed by atoms with E-state index in [9.17, 15) is 9.18 Å². The summed E-state index contributed by atoms with van der Waals surface area (Å²) in [5.41, 5.74) is 0.619. The molecular weight excluding hydrogens is 211 g/mol. The highest BCUT2D eigenvalue weighted by atomic mass is 19.1. The van der Waals surface area contributed by atoms with Crippen LogP contribution in [-0.4, -0.2) is 19.1 Å². The van der Waals surface area contributed by atoms with Gasteiger partial charge in [-0.15, -0.1) is 0 Å². The summed E-state index contributed by atoms with van der Waals surface area (Å²) in [7, 11) is 0. The number of hydrogen-bond acceptors (Lipinski definition) is 3. The zero-order chi connectivity index (χ0) is 12.0. The minimum Gasteiger partial charge on any atom is -0.484 e. The number of rotatable bonds is 4. The Hall–Kier alpha value is -2.09. The second-order valence-corrected chi connectivity index (χ2v) is 3.13. The summed E-state index contributed by atoms with van der Waals surface area (Å²) in [5.74, 6) is -0.280. The van der Waals surface area contributed by atoms with Gasteiger partial charge in [0.25, 0.3) is 5.91 Å². The number of amides is 1. The molecule has 0 aliphatic rings. The largest absolute Gasteiger partial charge is 0.484 e. The molecule has 0 aromatic heterocycles. The second-order valence-electron chi connectivity index (χ2n) is 3.13. The van der Waals surface area contributed by atoms with Crippen molar-refractivity contribution >= 4 is 5.91 Å². The monoisotopic (exact) mass is 222 g/mol. The average Bonchev–Trinajstić information content (AvgIpc) is 2.25. The van der Waals surface area contributed by atoms with Crippen LogP contribution in [0.25, 0.3) is 0 Å². The van der Waals surface area contributed by atoms with Gasteiger partial charge >= 0.3 is 0 Å². The molecule has 0 heterocycles. The molecule has 0 bridgehead atoms. The van der Waals surface area contributed by atoms with E-state index in [-0.39, 0.29) is 24.9 Å². The third-order valence-corrected chi connectivity index (χ3v) is 1.86. The van der Waals surface area contributed by atoms with Crippen molar-refractivity contribution in [3.63, 3.8) is 0 Å². The first kappa shape index (κ1) is 12.0. The summed E-state index contributed by atoms with van der Waals surface area (Å²) >= 11 is 0. The zero-order valence-electron chi connectivity index (χ0n) is 8.79. The standard InChI is InChI=1S/C11H11FN2O2/c1-8-6-9(12)2-3-10(8)16-7-11(15)14-5-4-13/h2-3,6H,5,7H2,1H3,(H,14,15). The van der Waals surface area contributed by atoms with Crippen LogP contribution in [0.3, 0.4) is 0 Å². The molecule has 0 unspecified atom stereocenters. The number of nitrogens with zero attached hydrogens (tertiary/aromatic N) is 1. The number of hydrogen-bond donors (Lipinski definition) is 1. The van der Waals surface area contributed by atoms with Gasteiger partial charge in [0.05, 0.1) is 6.07 Å². The van der Waals surface area contributed by atoms with Gasteiger partial charge in [0.2, 0.25) is 0 Å². The Morgan fingerprint density at radius 3 is 3.00 bits per heavy atom. The number of carbonyl (C=O) groups is 1. The van der Waals surface area contributed by atoms with E-state index in [2.05, 4.69) is 5.32 Å². The Kier molecular flexibility index (Phi) is 4.28. The van der Waals surface area contributed by atoms with Gasteiger partial charge in [-0.3, -0.25) is 4.79 Å². The summed E-state index contributed by atoms with van der Waals surface area (Å²) < 4.78 is 17.9. The van der Waals surface area contributed by atoms with Crippen LogP contribution >= 0.6 is 0 Å². The fourth-order valence-corrected chi connectivity index (χ4v) is 1.11. The van der Waals surface area contributed by atoms with Crippen molar-refractivity contribution in [1.29, 1.82) is 5.26 Å². The topological polar surface area (TPSA) is 62.1 Å². The zero-order valence-corrected chi connectivity index (χ0v) is 8.79. The van der Waals surface area contributed by atoms with Crippen LogP contribution in [-0.2, 0) is 4.79 Å². The van der Waals surface area contributed by atoms with Crippen molar-refractivity contribution in [2.75, 3.05) is 13.2 Å². The van der Waals surface area contributed by atoms with E-state index in [1.807, 2.05) is 0 Å². The molecule has 1 N–H and O–H groups in total. The molecule has 1 rings (SSSR count). The minimum atomic E-state index is -0.384. The lowest BCUT2D eigenvalue weighted by molar-refractivity contribution is -0.122. The molecule has 0 saturated carbocycles. The van der Waals surface area contributed by atoms with E-state index in [1.165, 1.54) is 18.2 Å². The van der Waals surface area contributed by atoms with Crippen LogP contribution in [0, 0.1) is 24.1 Å². The van der Waals surface area contributed by atoms with Crippen LogP contribution in [0.2, 0.25) is 0 Å². The number of benzene rings is 1. The molecule has 5 heteroatoms. The van der Waals surface area contributed by atoms with Crippen LogP contribution in [0.15, 0.2) is 18.2 Å². The van der Waals surface area contributed by atoms with E-state index < -0.39 is 0 Å². The molecule has 0 aliphatic carbocycles. The van der Waals surface area contributed by atoms with E-state index >= 15 is 0 Å². The van der Waals surface area contributed by atoms with Gasteiger partial charge in [-0.1, -0.05) is 0 Å². The summed E-state index contributed by atoms with van der Waals surface area (Å²) in [6.07, 6.45) is 0. The van der Waals surface area contributed by atoms with E-state index in [0.29, 0.717) is 11.3 Å². The SMILES string of the molecule is Cc1cc(F)ccc1OCC(=O)NCC#N. The molecule has 1 amide bonds. The first-order chi connectivity index (χ1) is 7.63. The van der Waals surface area contributed by atoms with E-state index in [4.69, 9.17) is 10.00 Å². The molecule has 0 spiro atoms. The van der Waals surface area contributed by atoms with Gasteiger partial charge in [-0.2, -0.15) is 5.26 Å². The highest BCUT2D eigenvalue weighted by Crippen LogP contribution is 2.17. The Bertz CT molecular complexity index is 426. The molecular formula is C11H11FN2O2. The molecule has 1 aromatic carbocycles.